The Morgan fingerprint density at radius 1 is 1.70 bits per heavy atom. The molecule has 0 saturated heterocycles. The molecule has 0 unspecified atom stereocenters. The molecule has 2 rings (SSSR count). The number of hydrogen-bond donors (Lipinski definition) is 0. The Labute approximate surface area is 60.9 Å². The average molecular weight is 135 g/mol. The Kier molecular flexibility index (Phi) is 1.26. The summed E-state index contributed by atoms with van der Waals surface area (Å²) >= 11 is 0. The molecular formula is C8H11N2. The molecule has 0 amide bonds. The first-order valence-corrected chi connectivity index (χ1v) is 3.79. The van der Waals surface area contributed by atoms with Crippen LogP contribution < -0.4 is 0 Å². The molecule has 0 aliphatic heterocycles. The van der Waals surface area contributed by atoms with Gasteiger partial charge in [-0.1, -0.05) is 0 Å². The monoisotopic (exact) mass is 135 g/mol. The summed E-state index contributed by atoms with van der Waals surface area (Å²) < 4.78 is 2.11. The van der Waals surface area contributed by atoms with E-state index in [0.717, 1.165) is 5.69 Å². The molecule has 1 aliphatic rings. The van der Waals surface area contributed by atoms with E-state index in [9.17, 15) is 0 Å². The van der Waals surface area contributed by atoms with E-state index in [0.29, 0.717) is 6.04 Å². The molecule has 2 heteroatoms. The van der Waals surface area contributed by atoms with Crippen LogP contribution in [0.3, 0.4) is 0 Å². The highest BCUT2D eigenvalue weighted by molar-refractivity contribution is 4.94. The Balaban J connectivity index is 2.17. The fourth-order valence-electron chi connectivity index (χ4n) is 1.25. The number of aromatic nitrogens is 2. The van der Waals surface area contributed by atoms with Crippen LogP contribution in [0.25, 0.3) is 0 Å². The first kappa shape index (κ1) is 5.96. The first-order valence-electron chi connectivity index (χ1n) is 3.79. The lowest BCUT2D eigenvalue weighted by molar-refractivity contribution is 0.312. The van der Waals surface area contributed by atoms with Gasteiger partial charge in [0.25, 0.3) is 0 Å². The third kappa shape index (κ3) is 0.838. The third-order valence-electron chi connectivity index (χ3n) is 2.14. The Hall–Kier alpha value is -0.790. The molecule has 1 aliphatic carbocycles. The van der Waals surface area contributed by atoms with Crippen molar-refractivity contribution in [1.82, 2.24) is 9.55 Å². The van der Waals surface area contributed by atoms with Gasteiger partial charge in [-0.3, -0.25) is 0 Å². The van der Waals surface area contributed by atoms with Crippen LogP contribution in [0.5, 0.6) is 0 Å². The predicted octanol–water partition coefficient (Wildman–Crippen LogP) is 1.72. The second-order valence-corrected chi connectivity index (χ2v) is 2.97. The van der Waals surface area contributed by atoms with Gasteiger partial charge in [-0.15, -0.1) is 0 Å². The van der Waals surface area contributed by atoms with Crippen LogP contribution in [-0.2, 0) is 0 Å². The van der Waals surface area contributed by atoms with Crippen LogP contribution in [0.15, 0.2) is 6.20 Å². The molecule has 2 nitrogen and oxygen atoms in total. The van der Waals surface area contributed by atoms with E-state index in [4.69, 9.17) is 0 Å². The fourth-order valence-corrected chi connectivity index (χ4v) is 1.25. The number of rotatable bonds is 1. The van der Waals surface area contributed by atoms with Crippen molar-refractivity contribution in [2.24, 2.45) is 0 Å². The highest BCUT2D eigenvalue weighted by Crippen LogP contribution is 2.30. The summed E-state index contributed by atoms with van der Waals surface area (Å²) in [6.07, 6.45) is 9.04. The lowest BCUT2D eigenvalue weighted by atomic mass is 9.93. The van der Waals surface area contributed by atoms with Crippen LogP contribution in [0.1, 0.15) is 31.0 Å². The van der Waals surface area contributed by atoms with Crippen molar-refractivity contribution in [1.29, 1.82) is 0 Å². The lowest BCUT2D eigenvalue weighted by Crippen LogP contribution is -2.15. The molecule has 53 valence electrons. The van der Waals surface area contributed by atoms with E-state index in [2.05, 4.69) is 22.1 Å². The minimum Gasteiger partial charge on any atom is -0.325 e. The van der Waals surface area contributed by atoms with E-state index in [1.54, 1.807) is 0 Å². The molecule has 10 heavy (non-hydrogen) atoms. The third-order valence-corrected chi connectivity index (χ3v) is 2.14. The predicted molar refractivity (Wildman–Crippen MR) is 38.7 cm³/mol. The zero-order chi connectivity index (χ0) is 6.97. The zero-order valence-corrected chi connectivity index (χ0v) is 6.17. The molecule has 1 fully saturated rings. The highest BCUT2D eigenvalue weighted by Gasteiger charge is 2.18. The molecule has 1 saturated carbocycles. The van der Waals surface area contributed by atoms with Gasteiger partial charge < -0.3 is 4.57 Å². The molecular weight excluding hydrogens is 124 g/mol. The van der Waals surface area contributed by atoms with Gasteiger partial charge in [-0.2, -0.15) is 0 Å². The van der Waals surface area contributed by atoms with E-state index >= 15 is 0 Å². The maximum absolute atomic E-state index is 4.06. The quantitative estimate of drug-likeness (QED) is 0.573. The number of hydrogen-bond acceptors (Lipinski definition) is 1. The summed E-state index contributed by atoms with van der Waals surface area (Å²) in [4.78, 5) is 4.06. The van der Waals surface area contributed by atoms with Gasteiger partial charge in [0.15, 0.2) is 6.33 Å². The fraction of sp³-hybridized carbons (Fsp3) is 0.625. The van der Waals surface area contributed by atoms with E-state index in [1.165, 1.54) is 19.3 Å². The molecule has 1 aromatic rings. The normalized spacial score (nSPS) is 18.9. The second kappa shape index (κ2) is 2.11. The van der Waals surface area contributed by atoms with Crippen molar-refractivity contribution >= 4 is 0 Å². The van der Waals surface area contributed by atoms with Crippen LogP contribution in [-0.4, -0.2) is 9.55 Å². The summed E-state index contributed by atoms with van der Waals surface area (Å²) in [5, 5.41) is 0. The summed E-state index contributed by atoms with van der Waals surface area (Å²) in [6.45, 7) is 2.01. The smallest absolute Gasteiger partial charge is 0.176 e. The number of aryl methyl sites for hydroxylation is 1. The molecule has 0 atom stereocenters. The van der Waals surface area contributed by atoms with E-state index < -0.39 is 0 Å². The van der Waals surface area contributed by atoms with Crippen LogP contribution >= 0.6 is 0 Å². The van der Waals surface area contributed by atoms with Crippen molar-refractivity contribution in [2.45, 2.75) is 32.2 Å². The zero-order valence-electron chi connectivity index (χ0n) is 6.17. The Morgan fingerprint density at radius 3 is 2.90 bits per heavy atom. The molecule has 0 N–H and O–H groups in total. The van der Waals surface area contributed by atoms with Crippen LogP contribution in [0, 0.1) is 13.3 Å². The highest BCUT2D eigenvalue weighted by atomic mass is 15.1. The number of imidazole rings is 1. The van der Waals surface area contributed by atoms with Gasteiger partial charge in [-0.25, -0.2) is 4.98 Å². The largest absolute Gasteiger partial charge is 0.325 e. The molecule has 0 bridgehead atoms. The standard InChI is InChI=1S/C8H11N2/c1-7-5-10(6-9-7)8-3-2-4-8/h5,8H,2-4H2,1H3. The van der Waals surface area contributed by atoms with Gasteiger partial charge in [0.05, 0.1) is 5.69 Å². The second-order valence-electron chi connectivity index (χ2n) is 2.97. The summed E-state index contributed by atoms with van der Waals surface area (Å²) in [7, 11) is 0. The average Bonchev–Trinajstić information content (AvgIpc) is 2.10. The maximum Gasteiger partial charge on any atom is 0.176 e. The van der Waals surface area contributed by atoms with Crippen molar-refractivity contribution in [2.75, 3.05) is 0 Å². The molecule has 1 aromatic heterocycles. The molecule has 1 heterocycles. The maximum atomic E-state index is 4.06. The van der Waals surface area contributed by atoms with Gasteiger partial charge in [-0.05, 0) is 26.2 Å². The van der Waals surface area contributed by atoms with Gasteiger partial charge in [0.2, 0.25) is 0 Å². The SMILES string of the molecule is Cc1cn(C2CCC2)[c]n1. The Bertz CT molecular complexity index is 223. The summed E-state index contributed by atoms with van der Waals surface area (Å²) in [5.74, 6) is 0. The van der Waals surface area contributed by atoms with Gasteiger partial charge in [0.1, 0.15) is 0 Å². The van der Waals surface area contributed by atoms with E-state index in [-0.39, 0.29) is 0 Å². The van der Waals surface area contributed by atoms with Crippen LogP contribution in [0.2, 0.25) is 0 Å². The van der Waals surface area contributed by atoms with Gasteiger partial charge >= 0.3 is 0 Å². The van der Waals surface area contributed by atoms with Crippen LogP contribution in [0.4, 0.5) is 0 Å². The van der Waals surface area contributed by atoms with Crippen molar-refractivity contribution < 1.29 is 0 Å². The molecule has 1 radical (unpaired) electrons. The van der Waals surface area contributed by atoms with Crippen molar-refractivity contribution in [3.8, 4) is 0 Å². The Morgan fingerprint density at radius 2 is 2.50 bits per heavy atom. The summed E-state index contributed by atoms with van der Waals surface area (Å²) in [6, 6.07) is 0.709. The molecule has 0 spiro atoms. The minimum atomic E-state index is 0.709. The van der Waals surface area contributed by atoms with E-state index in [1.807, 2.05) is 6.92 Å². The lowest BCUT2D eigenvalue weighted by Gasteiger charge is -2.25. The minimum absolute atomic E-state index is 0.709. The number of nitrogens with zero attached hydrogens (tertiary/aromatic N) is 2. The topological polar surface area (TPSA) is 17.8 Å². The first-order chi connectivity index (χ1) is 4.86. The molecule has 0 aromatic carbocycles. The van der Waals surface area contributed by atoms with Crippen molar-refractivity contribution in [3.05, 3.63) is 18.2 Å². The van der Waals surface area contributed by atoms with Gasteiger partial charge in [0, 0.05) is 12.2 Å². The summed E-state index contributed by atoms with van der Waals surface area (Å²) in [5.41, 5.74) is 1.08. The van der Waals surface area contributed by atoms with Crippen molar-refractivity contribution in [3.63, 3.8) is 0 Å².